The second-order valence-electron chi connectivity index (χ2n) is 4.29. The van der Waals surface area contributed by atoms with Gasteiger partial charge < -0.3 is 4.90 Å². The fraction of sp³-hybridized carbons (Fsp3) is 0.583. The molecule has 2 nitrogen and oxygen atoms in total. The number of likely N-dealkylation sites (tertiary alicyclic amines) is 1. The molecule has 0 unspecified atom stereocenters. The number of carbonyl (C=O) groups excluding carboxylic acids is 1. The Morgan fingerprint density at radius 2 is 2.25 bits per heavy atom. The maximum absolute atomic E-state index is 12.0. The van der Waals surface area contributed by atoms with Gasteiger partial charge in [0.1, 0.15) is 0 Å². The van der Waals surface area contributed by atoms with Crippen molar-refractivity contribution >= 4 is 33.2 Å². The highest BCUT2D eigenvalue weighted by Crippen LogP contribution is 2.20. The maximum atomic E-state index is 12.0. The number of amides is 1. The van der Waals surface area contributed by atoms with Gasteiger partial charge in [0.2, 0.25) is 5.91 Å². The number of hydrogen-bond donors (Lipinski definition) is 0. The predicted molar refractivity (Wildman–Crippen MR) is 71.1 cm³/mol. The largest absolute Gasteiger partial charge is 0.342 e. The maximum Gasteiger partial charge on any atom is 0.227 e. The zero-order valence-corrected chi connectivity index (χ0v) is 11.6. The van der Waals surface area contributed by atoms with Crippen molar-refractivity contribution in [1.29, 1.82) is 0 Å². The van der Waals surface area contributed by atoms with E-state index in [4.69, 9.17) is 0 Å². The van der Waals surface area contributed by atoms with E-state index in [-0.39, 0.29) is 5.91 Å². The Balaban J connectivity index is 1.82. The minimum Gasteiger partial charge on any atom is -0.342 e. The second kappa shape index (κ2) is 5.82. The molecule has 1 aromatic heterocycles. The number of carbonyl (C=O) groups is 1. The summed E-state index contributed by atoms with van der Waals surface area (Å²) in [5, 5.41) is 5.16. The molecule has 88 valence electrons. The first-order valence-corrected chi connectivity index (χ1v) is 7.71. The summed E-state index contributed by atoms with van der Waals surface area (Å²) < 4.78 is 0. The number of piperidine rings is 1. The zero-order chi connectivity index (χ0) is 11.4. The van der Waals surface area contributed by atoms with Crippen LogP contribution in [0.2, 0.25) is 0 Å². The summed E-state index contributed by atoms with van der Waals surface area (Å²) >= 11 is 5.17. The Morgan fingerprint density at radius 1 is 1.50 bits per heavy atom. The SMILES string of the molecule is O=C(Cc1ccsc1)N1CCC(CBr)CC1. The first-order chi connectivity index (χ1) is 7.79. The summed E-state index contributed by atoms with van der Waals surface area (Å²) in [4.78, 5) is 14.0. The number of nitrogens with zero attached hydrogens (tertiary/aromatic N) is 1. The van der Waals surface area contributed by atoms with Crippen LogP contribution in [0.5, 0.6) is 0 Å². The Kier molecular flexibility index (Phi) is 4.41. The van der Waals surface area contributed by atoms with E-state index in [9.17, 15) is 4.79 Å². The Labute approximate surface area is 109 Å². The van der Waals surface area contributed by atoms with Crippen molar-refractivity contribution < 1.29 is 4.79 Å². The molecule has 1 aliphatic rings. The van der Waals surface area contributed by atoms with Crippen molar-refractivity contribution in [2.45, 2.75) is 19.3 Å². The third kappa shape index (κ3) is 3.08. The smallest absolute Gasteiger partial charge is 0.227 e. The molecule has 1 fully saturated rings. The molecule has 1 amide bonds. The lowest BCUT2D eigenvalue weighted by molar-refractivity contribution is -0.131. The molecule has 1 aromatic rings. The summed E-state index contributed by atoms with van der Waals surface area (Å²) in [7, 11) is 0. The molecular formula is C12H16BrNOS. The predicted octanol–water partition coefficient (Wildman–Crippen LogP) is 2.92. The summed E-state index contributed by atoms with van der Waals surface area (Å²) in [5.41, 5.74) is 1.15. The van der Waals surface area contributed by atoms with Gasteiger partial charge in [0, 0.05) is 18.4 Å². The molecule has 0 aliphatic carbocycles. The van der Waals surface area contributed by atoms with Gasteiger partial charge in [0.15, 0.2) is 0 Å². The van der Waals surface area contributed by atoms with Crippen LogP contribution in [0.4, 0.5) is 0 Å². The standard InChI is InChI=1S/C12H16BrNOS/c13-8-10-1-4-14(5-2-10)12(15)7-11-3-6-16-9-11/h3,6,9-10H,1-2,4-5,7-8H2. The van der Waals surface area contributed by atoms with Crippen molar-refractivity contribution in [2.75, 3.05) is 18.4 Å². The molecule has 0 spiro atoms. The van der Waals surface area contributed by atoms with Crippen LogP contribution in [0.1, 0.15) is 18.4 Å². The zero-order valence-electron chi connectivity index (χ0n) is 9.19. The lowest BCUT2D eigenvalue weighted by Gasteiger charge is -2.31. The number of thiophene rings is 1. The van der Waals surface area contributed by atoms with E-state index in [1.807, 2.05) is 16.3 Å². The van der Waals surface area contributed by atoms with Crippen molar-refractivity contribution in [2.24, 2.45) is 5.92 Å². The normalized spacial score (nSPS) is 17.7. The fourth-order valence-electron chi connectivity index (χ4n) is 2.02. The molecule has 2 rings (SSSR count). The molecule has 2 heterocycles. The van der Waals surface area contributed by atoms with Crippen LogP contribution in [0.25, 0.3) is 0 Å². The van der Waals surface area contributed by atoms with E-state index < -0.39 is 0 Å². The van der Waals surface area contributed by atoms with E-state index in [1.165, 1.54) is 0 Å². The van der Waals surface area contributed by atoms with Crippen LogP contribution in [0, 0.1) is 5.92 Å². The first-order valence-electron chi connectivity index (χ1n) is 5.64. The second-order valence-corrected chi connectivity index (χ2v) is 5.71. The van der Waals surface area contributed by atoms with Gasteiger partial charge in [-0.05, 0) is 41.1 Å². The summed E-state index contributed by atoms with van der Waals surface area (Å²) in [6, 6.07) is 2.04. The van der Waals surface area contributed by atoms with Gasteiger partial charge in [-0.3, -0.25) is 4.79 Å². The molecule has 0 atom stereocenters. The van der Waals surface area contributed by atoms with Crippen LogP contribution < -0.4 is 0 Å². The van der Waals surface area contributed by atoms with E-state index in [2.05, 4.69) is 21.3 Å². The van der Waals surface area contributed by atoms with Crippen LogP contribution in [-0.4, -0.2) is 29.2 Å². The molecule has 1 saturated heterocycles. The van der Waals surface area contributed by atoms with Gasteiger partial charge in [-0.1, -0.05) is 15.9 Å². The average molecular weight is 302 g/mol. The molecule has 1 aliphatic heterocycles. The minimum absolute atomic E-state index is 0.284. The fourth-order valence-corrected chi connectivity index (χ4v) is 3.33. The van der Waals surface area contributed by atoms with E-state index >= 15 is 0 Å². The Morgan fingerprint density at radius 3 is 2.81 bits per heavy atom. The molecule has 0 bridgehead atoms. The quantitative estimate of drug-likeness (QED) is 0.786. The van der Waals surface area contributed by atoms with E-state index in [0.717, 1.165) is 42.7 Å². The minimum atomic E-state index is 0.284. The molecule has 0 N–H and O–H groups in total. The number of halogens is 1. The molecule has 0 saturated carbocycles. The third-order valence-corrected chi connectivity index (χ3v) is 4.77. The molecular weight excluding hydrogens is 286 g/mol. The summed E-state index contributed by atoms with van der Waals surface area (Å²) in [5.74, 6) is 1.04. The van der Waals surface area contributed by atoms with Gasteiger partial charge >= 0.3 is 0 Å². The monoisotopic (exact) mass is 301 g/mol. The van der Waals surface area contributed by atoms with Gasteiger partial charge in [-0.25, -0.2) is 0 Å². The van der Waals surface area contributed by atoms with Gasteiger partial charge in [-0.15, -0.1) is 0 Å². The number of rotatable bonds is 3. The lowest BCUT2D eigenvalue weighted by Crippen LogP contribution is -2.39. The van der Waals surface area contributed by atoms with Gasteiger partial charge in [0.05, 0.1) is 6.42 Å². The Bertz CT molecular complexity index is 331. The third-order valence-electron chi connectivity index (χ3n) is 3.12. The highest BCUT2D eigenvalue weighted by atomic mass is 79.9. The number of alkyl halides is 1. The van der Waals surface area contributed by atoms with E-state index in [0.29, 0.717) is 6.42 Å². The highest BCUT2D eigenvalue weighted by molar-refractivity contribution is 9.09. The lowest BCUT2D eigenvalue weighted by atomic mass is 9.99. The summed E-state index contributed by atoms with van der Waals surface area (Å²) in [6.07, 6.45) is 2.85. The van der Waals surface area contributed by atoms with Gasteiger partial charge in [-0.2, -0.15) is 11.3 Å². The van der Waals surface area contributed by atoms with Crippen molar-refractivity contribution in [1.82, 2.24) is 4.90 Å². The van der Waals surface area contributed by atoms with Crippen LogP contribution >= 0.6 is 27.3 Å². The van der Waals surface area contributed by atoms with Crippen molar-refractivity contribution in [3.05, 3.63) is 22.4 Å². The molecule has 0 aromatic carbocycles. The Hall–Kier alpha value is -0.350. The molecule has 16 heavy (non-hydrogen) atoms. The van der Waals surface area contributed by atoms with Crippen LogP contribution in [-0.2, 0) is 11.2 Å². The topological polar surface area (TPSA) is 20.3 Å². The molecule has 4 heteroatoms. The summed E-state index contributed by atoms with van der Waals surface area (Å²) in [6.45, 7) is 1.86. The van der Waals surface area contributed by atoms with Gasteiger partial charge in [0.25, 0.3) is 0 Å². The first kappa shape index (κ1) is 12.1. The average Bonchev–Trinajstić information content (AvgIpc) is 2.82. The van der Waals surface area contributed by atoms with Crippen molar-refractivity contribution in [3.63, 3.8) is 0 Å². The molecule has 0 radical (unpaired) electrons. The van der Waals surface area contributed by atoms with Crippen molar-refractivity contribution in [3.8, 4) is 0 Å². The van der Waals surface area contributed by atoms with E-state index in [1.54, 1.807) is 11.3 Å². The van der Waals surface area contributed by atoms with Crippen LogP contribution in [0.3, 0.4) is 0 Å². The van der Waals surface area contributed by atoms with Crippen LogP contribution in [0.15, 0.2) is 16.8 Å². The highest BCUT2D eigenvalue weighted by Gasteiger charge is 2.21. The number of hydrogen-bond acceptors (Lipinski definition) is 2.